The highest BCUT2D eigenvalue weighted by molar-refractivity contribution is 5.83. The van der Waals surface area contributed by atoms with E-state index in [0.717, 1.165) is 22.5 Å². The summed E-state index contributed by atoms with van der Waals surface area (Å²) >= 11 is 0. The third-order valence-electron chi connectivity index (χ3n) is 8.44. The number of piperidine rings is 1. The SMILES string of the molecule is COc1ccc2nccc([C@H](O)C[C@H](C3CC(c4cccc(F)c4F)C3)C3CCNCC3C(=O)O)c2c1. The largest absolute Gasteiger partial charge is 0.497 e. The molecule has 4 atom stereocenters. The van der Waals surface area contributed by atoms with E-state index in [1.54, 1.807) is 25.4 Å². The lowest BCUT2D eigenvalue weighted by molar-refractivity contribution is -0.146. The number of rotatable bonds is 8. The van der Waals surface area contributed by atoms with Gasteiger partial charge < -0.3 is 20.3 Å². The minimum Gasteiger partial charge on any atom is -0.497 e. The quantitative estimate of drug-likeness (QED) is 0.392. The van der Waals surface area contributed by atoms with Gasteiger partial charge in [-0.2, -0.15) is 0 Å². The second-order valence-electron chi connectivity index (χ2n) is 10.4. The van der Waals surface area contributed by atoms with Gasteiger partial charge in [-0.25, -0.2) is 8.78 Å². The van der Waals surface area contributed by atoms with E-state index in [0.29, 0.717) is 50.1 Å². The first-order valence-corrected chi connectivity index (χ1v) is 12.9. The van der Waals surface area contributed by atoms with E-state index in [-0.39, 0.29) is 23.7 Å². The van der Waals surface area contributed by atoms with Crippen LogP contribution in [0.15, 0.2) is 48.7 Å². The number of aromatic nitrogens is 1. The van der Waals surface area contributed by atoms with Crippen molar-refractivity contribution in [3.05, 3.63) is 71.4 Å². The van der Waals surface area contributed by atoms with Gasteiger partial charge in [0.05, 0.1) is 24.6 Å². The molecule has 196 valence electrons. The second kappa shape index (κ2) is 10.7. The first-order valence-electron chi connectivity index (χ1n) is 12.9. The van der Waals surface area contributed by atoms with E-state index < -0.39 is 29.6 Å². The van der Waals surface area contributed by atoms with E-state index in [2.05, 4.69) is 10.3 Å². The van der Waals surface area contributed by atoms with Crippen molar-refractivity contribution in [1.82, 2.24) is 10.3 Å². The smallest absolute Gasteiger partial charge is 0.308 e. The summed E-state index contributed by atoms with van der Waals surface area (Å²) in [4.78, 5) is 16.6. The molecule has 2 aromatic carbocycles. The predicted octanol–water partition coefficient (Wildman–Crippen LogP) is 5.07. The number of methoxy groups -OCH3 is 1. The van der Waals surface area contributed by atoms with Crippen molar-refractivity contribution < 1.29 is 28.5 Å². The summed E-state index contributed by atoms with van der Waals surface area (Å²) in [6.45, 7) is 1.10. The Kier molecular flexibility index (Phi) is 7.40. The van der Waals surface area contributed by atoms with Crippen LogP contribution in [-0.4, -0.2) is 41.4 Å². The molecule has 2 heterocycles. The zero-order valence-corrected chi connectivity index (χ0v) is 20.7. The number of nitrogens with one attached hydrogen (secondary N) is 1. The van der Waals surface area contributed by atoms with Crippen LogP contribution in [0.3, 0.4) is 0 Å². The average molecular weight is 511 g/mol. The van der Waals surface area contributed by atoms with Gasteiger partial charge in [0.2, 0.25) is 0 Å². The van der Waals surface area contributed by atoms with E-state index in [4.69, 9.17) is 4.74 Å². The molecule has 0 spiro atoms. The average Bonchev–Trinajstić information content (AvgIpc) is 2.88. The molecule has 1 saturated heterocycles. The maximum absolute atomic E-state index is 14.4. The third-order valence-corrected chi connectivity index (χ3v) is 8.44. The lowest BCUT2D eigenvalue weighted by Crippen LogP contribution is -2.47. The summed E-state index contributed by atoms with van der Waals surface area (Å²) in [5.41, 5.74) is 1.84. The molecule has 2 aliphatic rings. The summed E-state index contributed by atoms with van der Waals surface area (Å²) < 4.78 is 33.7. The number of aliphatic hydroxyl groups excluding tert-OH is 1. The molecule has 2 unspecified atom stereocenters. The number of aliphatic hydroxyl groups is 1. The van der Waals surface area contributed by atoms with Crippen LogP contribution in [0.4, 0.5) is 8.78 Å². The molecule has 1 aromatic heterocycles. The number of hydrogen-bond donors (Lipinski definition) is 3. The number of hydrogen-bond acceptors (Lipinski definition) is 5. The van der Waals surface area contributed by atoms with Crippen molar-refractivity contribution in [2.24, 2.45) is 23.7 Å². The number of carboxylic acids is 1. The highest BCUT2D eigenvalue weighted by atomic mass is 19.2. The number of carbonyl (C=O) groups is 1. The lowest BCUT2D eigenvalue weighted by atomic mass is 9.59. The molecule has 2 fully saturated rings. The monoisotopic (exact) mass is 510 g/mol. The Balaban J connectivity index is 1.43. The zero-order chi connectivity index (χ0) is 26.1. The van der Waals surface area contributed by atoms with E-state index in [9.17, 15) is 23.8 Å². The van der Waals surface area contributed by atoms with Crippen molar-refractivity contribution in [1.29, 1.82) is 0 Å². The molecule has 0 radical (unpaired) electrons. The van der Waals surface area contributed by atoms with Gasteiger partial charge in [-0.15, -0.1) is 0 Å². The Morgan fingerprint density at radius 1 is 1.22 bits per heavy atom. The Morgan fingerprint density at radius 2 is 2.03 bits per heavy atom. The fourth-order valence-electron chi connectivity index (χ4n) is 6.43. The summed E-state index contributed by atoms with van der Waals surface area (Å²) in [7, 11) is 1.58. The maximum atomic E-state index is 14.4. The molecule has 3 aromatic rings. The van der Waals surface area contributed by atoms with Gasteiger partial charge in [0.15, 0.2) is 11.6 Å². The van der Waals surface area contributed by atoms with Crippen molar-refractivity contribution in [3.8, 4) is 5.75 Å². The van der Waals surface area contributed by atoms with E-state index in [1.165, 1.54) is 6.07 Å². The van der Waals surface area contributed by atoms with Crippen molar-refractivity contribution in [2.45, 2.75) is 37.7 Å². The number of fused-ring (bicyclic) bond motifs is 1. The first kappa shape index (κ1) is 25.5. The van der Waals surface area contributed by atoms with Crippen molar-refractivity contribution in [3.63, 3.8) is 0 Å². The summed E-state index contributed by atoms with van der Waals surface area (Å²) in [5.74, 6) is -2.62. The first-order chi connectivity index (χ1) is 17.9. The number of aliphatic carboxylic acids is 1. The Morgan fingerprint density at radius 3 is 2.78 bits per heavy atom. The molecule has 3 N–H and O–H groups in total. The highest BCUT2D eigenvalue weighted by Gasteiger charge is 2.45. The maximum Gasteiger partial charge on any atom is 0.308 e. The van der Waals surface area contributed by atoms with Gasteiger partial charge in [0.1, 0.15) is 5.75 Å². The molecule has 5 rings (SSSR count). The zero-order valence-electron chi connectivity index (χ0n) is 20.7. The van der Waals surface area contributed by atoms with E-state index in [1.807, 2.05) is 18.2 Å². The topological polar surface area (TPSA) is 91.7 Å². The summed E-state index contributed by atoms with van der Waals surface area (Å²) in [6.07, 6.45) is 3.18. The molecule has 1 aliphatic heterocycles. The van der Waals surface area contributed by atoms with Crippen LogP contribution in [0.2, 0.25) is 0 Å². The van der Waals surface area contributed by atoms with E-state index >= 15 is 0 Å². The third kappa shape index (κ3) is 5.05. The van der Waals surface area contributed by atoms with Crippen LogP contribution < -0.4 is 10.1 Å². The van der Waals surface area contributed by atoms with Gasteiger partial charge in [-0.3, -0.25) is 9.78 Å². The number of ether oxygens (including phenoxy) is 1. The molecule has 0 bridgehead atoms. The number of pyridine rings is 1. The summed E-state index contributed by atoms with van der Waals surface area (Å²) in [5, 5.41) is 25.4. The molecule has 8 heteroatoms. The summed E-state index contributed by atoms with van der Waals surface area (Å²) in [6, 6.07) is 11.6. The van der Waals surface area contributed by atoms with Crippen LogP contribution in [-0.2, 0) is 4.79 Å². The molecule has 1 saturated carbocycles. The predicted molar refractivity (Wildman–Crippen MR) is 135 cm³/mol. The molecule has 0 amide bonds. The van der Waals surface area contributed by atoms with Gasteiger partial charge in [0, 0.05) is 18.1 Å². The fourth-order valence-corrected chi connectivity index (χ4v) is 6.43. The fraction of sp³-hybridized carbons (Fsp3) is 0.448. The molecule has 1 aliphatic carbocycles. The molecular formula is C29H32F2N2O4. The molecular weight excluding hydrogens is 478 g/mol. The molecule has 37 heavy (non-hydrogen) atoms. The lowest BCUT2D eigenvalue weighted by Gasteiger charge is -2.47. The van der Waals surface area contributed by atoms with Crippen molar-refractivity contribution in [2.75, 3.05) is 20.2 Å². The van der Waals surface area contributed by atoms with Gasteiger partial charge in [-0.05, 0) is 97.4 Å². The number of carboxylic acid groups (broad SMARTS) is 1. The standard InChI is InChI=1S/C29H32F2N2O4/c1-37-18-5-6-26-23(13-18)21(8-10-33-26)27(34)14-22(20-7-9-32-15-24(20)29(35)36)17-11-16(12-17)19-3-2-4-25(30)28(19)31/h2-6,8,10,13,16-17,20,22,24,27,32,34H,7,9,11-12,14-15H2,1H3,(H,35,36)/t16?,17?,20?,22-,24?,27-/m1/s1. The molecule has 6 nitrogen and oxygen atoms in total. The van der Waals surface area contributed by atoms with Crippen LogP contribution in [0.5, 0.6) is 5.75 Å². The van der Waals surface area contributed by atoms with Crippen LogP contribution in [0.1, 0.15) is 48.8 Å². The van der Waals surface area contributed by atoms with Crippen LogP contribution >= 0.6 is 0 Å². The second-order valence-corrected chi connectivity index (χ2v) is 10.4. The van der Waals surface area contributed by atoms with Gasteiger partial charge in [-0.1, -0.05) is 12.1 Å². The van der Waals surface area contributed by atoms with Gasteiger partial charge in [0.25, 0.3) is 0 Å². The number of halogens is 2. The minimum atomic E-state index is -0.850. The normalized spacial score (nSPS) is 25.3. The highest BCUT2D eigenvalue weighted by Crippen LogP contribution is 2.52. The Hall–Kier alpha value is -3.10. The van der Waals surface area contributed by atoms with Gasteiger partial charge >= 0.3 is 5.97 Å². The Bertz CT molecular complexity index is 1280. The van der Waals surface area contributed by atoms with Crippen LogP contribution in [0, 0.1) is 35.3 Å². The minimum absolute atomic E-state index is 0.0834. The van der Waals surface area contributed by atoms with Crippen LogP contribution in [0.25, 0.3) is 10.9 Å². The van der Waals surface area contributed by atoms with Crippen molar-refractivity contribution >= 4 is 16.9 Å². The number of benzene rings is 2. The Labute approximate surface area is 214 Å². The number of nitrogens with zero attached hydrogens (tertiary/aromatic N) is 1.